The maximum absolute atomic E-state index is 13.4. The van der Waals surface area contributed by atoms with Gasteiger partial charge in [0.25, 0.3) is 10.0 Å². The van der Waals surface area contributed by atoms with Gasteiger partial charge in [0.15, 0.2) is 0 Å². The smallest absolute Gasteiger partial charge is 0.264 e. The summed E-state index contributed by atoms with van der Waals surface area (Å²) >= 11 is 0. The van der Waals surface area contributed by atoms with Crippen molar-refractivity contribution < 1.29 is 27.1 Å². The Balaban J connectivity index is 1.72. The summed E-state index contributed by atoms with van der Waals surface area (Å²) in [6.45, 7) is 6.21. The van der Waals surface area contributed by atoms with Crippen LogP contribution in [0.3, 0.4) is 0 Å². The van der Waals surface area contributed by atoms with Crippen molar-refractivity contribution >= 4 is 21.6 Å². The van der Waals surface area contributed by atoms with Gasteiger partial charge in [0.05, 0.1) is 23.7 Å². The van der Waals surface area contributed by atoms with Crippen molar-refractivity contribution in [3.63, 3.8) is 0 Å². The summed E-state index contributed by atoms with van der Waals surface area (Å²) in [6, 6.07) is 16.6. The Kier molecular flexibility index (Phi) is 8.70. The lowest BCUT2D eigenvalue weighted by molar-refractivity contribution is -0.119. The van der Waals surface area contributed by atoms with Crippen molar-refractivity contribution in [2.75, 3.05) is 30.6 Å². The summed E-state index contributed by atoms with van der Waals surface area (Å²) in [5, 5.41) is 2.70. The molecule has 0 atom stereocenters. The monoisotopic (exact) mass is 500 g/mol. The Morgan fingerprint density at radius 1 is 0.971 bits per heavy atom. The summed E-state index contributed by atoms with van der Waals surface area (Å²) in [6.07, 6.45) is 0. The average molecular weight is 501 g/mol. The predicted molar refractivity (Wildman–Crippen MR) is 133 cm³/mol. The van der Waals surface area contributed by atoms with Crippen molar-refractivity contribution in [2.24, 2.45) is 0 Å². The van der Waals surface area contributed by atoms with E-state index in [4.69, 9.17) is 9.47 Å². The highest BCUT2D eigenvalue weighted by molar-refractivity contribution is 7.92. The molecule has 0 aliphatic carbocycles. The molecule has 35 heavy (non-hydrogen) atoms. The molecule has 0 radical (unpaired) electrons. The van der Waals surface area contributed by atoms with Gasteiger partial charge in [-0.05, 0) is 86.5 Å². The SMILES string of the molecule is CCOc1ccc(N(CC(=O)NCCOc2cccc(C)c2C)S(=O)(=O)c2ccc(F)cc2)cc1. The molecular weight excluding hydrogens is 471 g/mol. The molecule has 0 spiro atoms. The van der Waals surface area contributed by atoms with Crippen LogP contribution in [0.4, 0.5) is 10.1 Å². The number of rotatable bonds is 11. The number of hydrogen-bond donors (Lipinski definition) is 1. The topological polar surface area (TPSA) is 84.9 Å². The summed E-state index contributed by atoms with van der Waals surface area (Å²) < 4.78 is 52.2. The molecule has 3 aromatic rings. The number of nitrogens with zero attached hydrogens (tertiary/aromatic N) is 1. The molecule has 0 saturated carbocycles. The second kappa shape index (κ2) is 11.7. The number of benzene rings is 3. The number of sulfonamides is 1. The lowest BCUT2D eigenvalue weighted by atomic mass is 10.1. The van der Waals surface area contributed by atoms with Gasteiger partial charge in [-0.2, -0.15) is 0 Å². The Hall–Kier alpha value is -3.59. The maximum atomic E-state index is 13.4. The van der Waals surface area contributed by atoms with Crippen LogP contribution in [0.1, 0.15) is 18.1 Å². The number of anilines is 1. The molecule has 0 aliphatic rings. The van der Waals surface area contributed by atoms with E-state index in [2.05, 4.69) is 5.32 Å². The molecule has 0 fully saturated rings. The second-order valence-corrected chi connectivity index (χ2v) is 9.65. The van der Waals surface area contributed by atoms with Crippen molar-refractivity contribution in [2.45, 2.75) is 25.7 Å². The fraction of sp³-hybridized carbons (Fsp3) is 0.269. The molecule has 3 aromatic carbocycles. The summed E-state index contributed by atoms with van der Waals surface area (Å²) in [5.41, 5.74) is 2.40. The molecule has 186 valence electrons. The normalized spacial score (nSPS) is 11.1. The molecule has 0 saturated heterocycles. The first-order chi connectivity index (χ1) is 16.7. The van der Waals surface area contributed by atoms with Gasteiger partial charge in [-0.1, -0.05) is 12.1 Å². The second-order valence-electron chi connectivity index (χ2n) is 7.79. The van der Waals surface area contributed by atoms with Gasteiger partial charge in [-0.3, -0.25) is 9.10 Å². The molecular formula is C26H29FN2O5S. The first-order valence-corrected chi connectivity index (χ1v) is 12.6. The molecule has 0 aliphatic heterocycles. The fourth-order valence-electron chi connectivity index (χ4n) is 3.34. The number of amides is 1. The molecule has 0 heterocycles. The number of aryl methyl sites for hydroxylation is 1. The molecule has 0 bridgehead atoms. The lowest BCUT2D eigenvalue weighted by Gasteiger charge is -2.24. The van der Waals surface area contributed by atoms with Crippen LogP contribution in [-0.4, -0.2) is 40.6 Å². The quantitative estimate of drug-likeness (QED) is 0.398. The largest absolute Gasteiger partial charge is 0.494 e. The number of ether oxygens (including phenoxy) is 2. The van der Waals surface area contributed by atoms with Crippen molar-refractivity contribution in [1.82, 2.24) is 5.32 Å². The molecule has 9 heteroatoms. The van der Waals surface area contributed by atoms with Crippen LogP contribution in [0.5, 0.6) is 11.5 Å². The van der Waals surface area contributed by atoms with Gasteiger partial charge >= 0.3 is 0 Å². The van der Waals surface area contributed by atoms with E-state index in [1.165, 1.54) is 12.1 Å². The highest BCUT2D eigenvalue weighted by atomic mass is 32.2. The van der Waals surface area contributed by atoms with Gasteiger partial charge in [0.2, 0.25) is 5.91 Å². The summed E-state index contributed by atoms with van der Waals surface area (Å²) in [7, 11) is -4.14. The fourth-order valence-corrected chi connectivity index (χ4v) is 4.76. The van der Waals surface area contributed by atoms with E-state index in [1.54, 1.807) is 24.3 Å². The van der Waals surface area contributed by atoms with Gasteiger partial charge in [0, 0.05) is 0 Å². The van der Waals surface area contributed by atoms with Gasteiger partial charge in [-0.15, -0.1) is 0 Å². The van der Waals surface area contributed by atoms with Crippen molar-refractivity contribution in [1.29, 1.82) is 0 Å². The predicted octanol–water partition coefficient (Wildman–Crippen LogP) is 4.23. The van der Waals surface area contributed by atoms with E-state index >= 15 is 0 Å². The first kappa shape index (κ1) is 26.0. The lowest BCUT2D eigenvalue weighted by Crippen LogP contribution is -2.41. The first-order valence-electron chi connectivity index (χ1n) is 11.2. The zero-order valence-corrected chi connectivity index (χ0v) is 20.8. The van der Waals surface area contributed by atoms with Crippen molar-refractivity contribution in [3.05, 3.63) is 83.7 Å². The zero-order chi connectivity index (χ0) is 25.4. The van der Waals surface area contributed by atoms with E-state index in [0.717, 1.165) is 33.3 Å². The molecule has 0 unspecified atom stereocenters. The minimum atomic E-state index is -4.14. The number of halogens is 1. The van der Waals surface area contributed by atoms with Crippen LogP contribution in [0.25, 0.3) is 0 Å². The number of carbonyl (C=O) groups is 1. The van der Waals surface area contributed by atoms with E-state index in [9.17, 15) is 17.6 Å². The van der Waals surface area contributed by atoms with Crippen LogP contribution in [-0.2, 0) is 14.8 Å². The van der Waals surface area contributed by atoms with Crippen LogP contribution in [0, 0.1) is 19.7 Å². The molecule has 1 N–H and O–H groups in total. The van der Waals surface area contributed by atoms with Crippen LogP contribution in [0.2, 0.25) is 0 Å². The number of nitrogens with one attached hydrogen (secondary N) is 1. The maximum Gasteiger partial charge on any atom is 0.264 e. The Morgan fingerprint density at radius 3 is 2.31 bits per heavy atom. The van der Waals surface area contributed by atoms with Gasteiger partial charge in [0.1, 0.15) is 30.5 Å². The Morgan fingerprint density at radius 2 is 1.66 bits per heavy atom. The molecule has 0 aromatic heterocycles. The summed E-state index contributed by atoms with van der Waals surface area (Å²) in [4.78, 5) is 12.6. The molecule has 7 nitrogen and oxygen atoms in total. The van der Waals surface area contributed by atoms with E-state index in [0.29, 0.717) is 12.4 Å². The van der Waals surface area contributed by atoms with E-state index in [1.807, 2.05) is 39.0 Å². The number of hydrogen-bond acceptors (Lipinski definition) is 5. The third-order valence-electron chi connectivity index (χ3n) is 5.36. The Labute approximate surface area is 205 Å². The Bertz CT molecular complexity index is 1250. The molecule has 1 amide bonds. The van der Waals surface area contributed by atoms with E-state index < -0.39 is 28.3 Å². The van der Waals surface area contributed by atoms with Crippen molar-refractivity contribution in [3.8, 4) is 11.5 Å². The highest BCUT2D eigenvalue weighted by Gasteiger charge is 2.27. The minimum absolute atomic E-state index is 0.126. The minimum Gasteiger partial charge on any atom is -0.494 e. The third-order valence-corrected chi connectivity index (χ3v) is 7.15. The standard InChI is InChI=1S/C26H29FN2O5S/c1-4-33-23-12-10-22(11-13-23)29(35(31,32)24-14-8-21(27)9-15-24)18-26(30)28-16-17-34-25-7-5-6-19(2)20(25)3/h5-15H,4,16-18H2,1-3H3,(H,28,30). The van der Waals surface area contributed by atoms with E-state index in [-0.39, 0.29) is 23.7 Å². The van der Waals surface area contributed by atoms with Gasteiger partial charge < -0.3 is 14.8 Å². The van der Waals surface area contributed by atoms with Gasteiger partial charge in [-0.25, -0.2) is 12.8 Å². The zero-order valence-electron chi connectivity index (χ0n) is 20.0. The molecule has 3 rings (SSSR count). The van der Waals surface area contributed by atoms with Crippen LogP contribution >= 0.6 is 0 Å². The number of carbonyl (C=O) groups excluding carboxylic acids is 1. The highest BCUT2D eigenvalue weighted by Crippen LogP contribution is 2.26. The van der Waals surface area contributed by atoms with Crippen LogP contribution in [0.15, 0.2) is 71.6 Å². The third kappa shape index (κ3) is 6.73. The summed E-state index contributed by atoms with van der Waals surface area (Å²) in [5.74, 6) is 0.241. The average Bonchev–Trinajstić information content (AvgIpc) is 2.84. The van der Waals surface area contributed by atoms with Crippen LogP contribution < -0.4 is 19.1 Å².